The van der Waals surface area contributed by atoms with Crippen molar-refractivity contribution in [3.63, 3.8) is 0 Å². The Labute approximate surface area is 220 Å². The fraction of sp³-hybridized carbons (Fsp3) is 0.250. The highest BCUT2D eigenvalue weighted by Crippen LogP contribution is 2.32. The molecule has 5 rings (SSSR count). The van der Waals surface area contributed by atoms with Crippen molar-refractivity contribution in [2.45, 2.75) is 18.9 Å². The molecular weight excluding hydrogens is 507 g/mol. The van der Waals surface area contributed by atoms with Gasteiger partial charge in [0.25, 0.3) is 11.8 Å². The molecule has 1 aromatic heterocycles. The average Bonchev–Trinajstić information content (AvgIpc) is 3.39. The van der Waals surface area contributed by atoms with Crippen molar-refractivity contribution in [2.75, 3.05) is 25.6 Å². The Kier molecular flexibility index (Phi) is 6.30. The molecule has 1 aliphatic rings. The lowest BCUT2D eigenvalue weighted by molar-refractivity contribution is 0.0827. The standard InChI is InChI=1S/C28H27FN4O4S/c1-28(13-14-38(36,37)17-28)30-26(34)19-7-12-23-24(16-19)33(22-10-8-21(29)9-11-22)31-25(23)18-5-4-6-20(15-18)27(35)32(2)3/h4-12,15-16H,13-14,17H2,1-3H3,(H,30,34)/t28-/m1/s1. The second kappa shape index (κ2) is 9.36. The molecule has 0 saturated carbocycles. The number of nitrogens with one attached hydrogen (secondary N) is 1. The summed E-state index contributed by atoms with van der Waals surface area (Å²) in [7, 11) is 0.173. The first-order valence-corrected chi connectivity index (χ1v) is 13.9. The first kappa shape index (κ1) is 25.6. The highest BCUT2D eigenvalue weighted by atomic mass is 32.2. The molecule has 3 aromatic carbocycles. The molecule has 2 heterocycles. The van der Waals surface area contributed by atoms with Gasteiger partial charge in [-0.25, -0.2) is 17.5 Å². The number of halogens is 1. The van der Waals surface area contributed by atoms with Crippen molar-refractivity contribution in [3.8, 4) is 16.9 Å². The SMILES string of the molecule is CN(C)C(=O)c1cccc(-c2nn(-c3ccc(F)cc3)c3cc(C(=O)N[C@]4(C)CCS(=O)(=O)C4)ccc23)c1. The van der Waals surface area contributed by atoms with Crippen LogP contribution in [0.5, 0.6) is 0 Å². The smallest absolute Gasteiger partial charge is 0.253 e. The zero-order valence-electron chi connectivity index (χ0n) is 21.2. The van der Waals surface area contributed by atoms with Crippen LogP contribution in [-0.4, -0.2) is 66.1 Å². The van der Waals surface area contributed by atoms with Gasteiger partial charge in [-0.2, -0.15) is 5.10 Å². The number of amides is 2. The Balaban J connectivity index is 1.61. The van der Waals surface area contributed by atoms with Crippen molar-refractivity contribution in [3.05, 3.63) is 83.7 Å². The van der Waals surface area contributed by atoms with Crippen LogP contribution in [0.4, 0.5) is 4.39 Å². The van der Waals surface area contributed by atoms with E-state index in [1.165, 1.54) is 17.0 Å². The average molecular weight is 535 g/mol. The fourth-order valence-electron chi connectivity index (χ4n) is 4.76. The molecule has 0 radical (unpaired) electrons. The molecule has 196 valence electrons. The molecule has 1 fully saturated rings. The van der Waals surface area contributed by atoms with Crippen molar-refractivity contribution in [1.29, 1.82) is 0 Å². The van der Waals surface area contributed by atoms with Gasteiger partial charge in [-0.3, -0.25) is 9.59 Å². The molecule has 0 spiro atoms. The van der Waals surface area contributed by atoms with Gasteiger partial charge in [0.05, 0.1) is 28.2 Å². The van der Waals surface area contributed by atoms with E-state index in [9.17, 15) is 22.4 Å². The zero-order chi connectivity index (χ0) is 27.2. The summed E-state index contributed by atoms with van der Waals surface area (Å²) in [6, 6.07) is 18.1. The minimum atomic E-state index is -3.19. The lowest BCUT2D eigenvalue weighted by Gasteiger charge is -2.23. The Morgan fingerprint density at radius 1 is 1.03 bits per heavy atom. The first-order chi connectivity index (χ1) is 17.9. The van der Waals surface area contributed by atoms with Crippen LogP contribution in [0.2, 0.25) is 0 Å². The van der Waals surface area contributed by atoms with E-state index >= 15 is 0 Å². The number of fused-ring (bicyclic) bond motifs is 1. The van der Waals surface area contributed by atoms with Crippen LogP contribution in [0.3, 0.4) is 0 Å². The summed E-state index contributed by atoms with van der Waals surface area (Å²) >= 11 is 0. The normalized spacial score (nSPS) is 18.4. The third-order valence-corrected chi connectivity index (χ3v) is 8.63. The number of sulfone groups is 1. The maximum atomic E-state index is 13.7. The molecule has 0 aliphatic carbocycles. The van der Waals surface area contributed by atoms with Gasteiger partial charge >= 0.3 is 0 Å². The largest absolute Gasteiger partial charge is 0.346 e. The monoisotopic (exact) mass is 534 g/mol. The summed E-state index contributed by atoms with van der Waals surface area (Å²) in [5.41, 5.74) is 2.51. The maximum absolute atomic E-state index is 13.7. The van der Waals surface area contributed by atoms with E-state index in [0.717, 1.165) is 5.39 Å². The van der Waals surface area contributed by atoms with Crippen LogP contribution >= 0.6 is 0 Å². The van der Waals surface area contributed by atoms with Gasteiger partial charge in [-0.05, 0) is 67.9 Å². The fourth-order valence-corrected chi connectivity index (χ4v) is 6.85. The van der Waals surface area contributed by atoms with Crippen LogP contribution in [0.25, 0.3) is 27.8 Å². The minimum absolute atomic E-state index is 0.0406. The third kappa shape index (κ3) is 4.91. The van der Waals surface area contributed by atoms with E-state index in [-0.39, 0.29) is 23.2 Å². The molecule has 38 heavy (non-hydrogen) atoms. The van der Waals surface area contributed by atoms with Crippen LogP contribution in [0.1, 0.15) is 34.1 Å². The van der Waals surface area contributed by atoms with E-state index in [1.807, 2.05) is 6.07 Å². The van der Waals surface area contributed by atoms with Crippen molar-refractivity contribution in [2.24, 2.45) is 0 Å². The van der Waals surface area contributed by atoms with Gasteiger partial charge in [0.15, 0.2) is 9.84 Å². The summed E-state index contributed by atoms with van der Waals surface area (Å²) in [6.45, 7) is 1.73. The van der Waals surface area contributed by atoms with E-state index in [2.05, 4.69) is 5.32 Å². The van der Waals surface area contributed by atoms with Crippen molar-refractivity contribution < 1.29 is 22.4 Å². The second-order valence-electron chi connectivity index (χ2n) is 10.1. The number of carbonyl (C=O) groups excluding carboxylic acids is 2. The number of benzene rings is 3. The molecule has 10 heteroatoms. The Bertz CT molecular complexity index is 1680. The van der Waals surface area contributed by atoms with E-state index < -0.39 is 21.3 Å². The molecule has 0 bridgehead atoms. The van der Waals surface area contributed by atoms with Gasteiger partial charge < -0.3 is 10.2 Å². The Hall–Kier alpha value is -4.05. The molecule has 1 N–H and O–H groups in total. The van der Waals surface area contributed by atoms with E-state index in [0.29, 0.717) is 40.0 Å². The number of hydrogen-bond acceptors (Lipinski definition) is 5. The zero-order valence-corrected chi connectivity index (χ0v) is 22.0. The Morgan fingerprint density at radius 3 is 2.42 bits per heavy atom. The molecule has 4 aromatic rings. The van der Waals surface area contributed by atoms with E-state index in [1.54, 1.807) is 74.2 Å². The van der Waals surface area contributed by atoms with Gasteiger partial charge in [0, 0.05) is 36.2 Å². The van der Waals surface area contributed by atoms with E-state index in [4.69, 9.17) is 5.10 Å². The molecule has 1 saturated heterocycles. The quantitative estimate of drug-likeness (QED) is 0.419. The molecule has 1 aliphatic heterocycles. The van der Waals surface area contributed by atoms with Crippen molar-refractivity contribution in [1.82, 2.24) is 20.0 Å². The summed E-state index contributed by atoms with van der Waals surface area (Å²) in [4.78, 5) is 27.2. The molecule has 2 amide bonds. The molecule has 1 atom stereocenters. The second-order valence-corrected chi connectivity index (χ2v) is 12.3. The van der Waals surface area contributed by atoms with Gasteiger partial charge in [-0.15, -0.1) is 0 Å². The number of rotatable bonds is 5. The lowest BCUT2D eigenvalue weighted by Crippen LogP contribution is -2.46. The van der Waals surface area contributed by atoms with Crippen LogP contribution in [0.15, 0.2) is 66.7 Å². The van der Waals surface area contributed by atoms with Gasteiger partial charge in [0.1, 0.15) is 11.5 Å². The summed E-state index contributed by atoms with van der Waals surface area (Å²) < 4.78 is 39.3. The van der Waals surface area contributed by atoms with Gasteiger partial charge in [-0.1, -0.05) is 12.1 Å². The van der Waals surface area contributed by atoms with Crippen LogP contribution < -0.4 is 5.32 Å². The summed E-state index contributed by atoms with van der Waals surface area (Å²) in [5, 5.41) is 8.42. The first-order valence-electron chi connectivity index (χ1n) is 12.1. The molecular formula is C28H27FN4O4S. The topological polar surface area (TPSA) is 101 Å². The lowest BCUT2D eigenvalue weighted by atomic mass is 10.0. The number of nitrogens with zero attached hydrogens (tertiary/aromatic N) is 3. The predicted molar refractivity (Wildman–Crippen MR) is 144 cm³/mol. The highest BCUT2D eigenvalue weighted by molar-refractivity contribution is 7.91. The predicted octanol–water partition coefficient (Wildman–Crippen LogP) is 3.84. The number of hydrogen-bond donors (Lipinski definition) is 1. The molecule has 0 unspecified atom stereocenters. The third-order valence-electron chi connectivity index (χ3n) is 6.72. The summed E-state index contributed by atoms with van der Waals surface area (Å²) in [5.74, 6) is -0.985. The Morgan fingerprint density at radius 2 is 1.76 bits per heavy atom. The molecule has 8 nitrogen and oxygen atoms in total. The number of aromatic nitrogens is 2. The number of carbonyl (C=O) groups is 2. The highest BCUT2D eigenvalue weighted by Gasteiger charge is 2.39. The van der Waals surface area contributed by atoms with Crippen LogP contribution in [0, 0.1) is 5.82 Å². The van der Waals surface area contributed by atoms with Crippen LogP contribution in [-0.2, 0) is 9.84 Å². The summed E-state index contributed by atoms with van der Waals surface area (Å²) in [6.07, 6.45) is 0.350. The maximum Gasteiger partial charge on any atom is 0.253 e. The van der Waals surface area contributed by atoms with Gasteiger partial charge in [0.2, 0.25) is 0 Å². The van der Waals surface area contributed by atoms with Crippen molar-refractivity contribution >= 4 is 32.6 Å². The minimum Gasteiger partial charge on any atom is -0.346 e.